The van der Waals surface area contributed by atoms with Gasteiger partial charge < -0.3 is 5.32 Å². The van der Waals surface area contributed by atoms with Gasteiger partial charge in [-0.1, -0.05) is 37.3 Å². The Kier molecular flexibility index (Phi) is 5.69. The van der Waals surface area contributed by atoms with Gasteiger partial charge in [-0.3, -0.25) is 4.79 Å². The van der Waals surface area contributed by atoms with Crippen LogP contribution in [0.15, 0.2) is 53.4 Å². The highest BCUT2D eigenvalue weighted by molar-refractivity contribution is 7.89. The Balaban J connectivity index is 2.14. The number of hydrogen-bond donors (Lipinski definition) is 2. The quantitative estimate of drug-likeness (QED) is 0.839. The van der Waals surface area contributed by atoms with Gasteiger partial charge in [0, 0.05) is 6.54 Å². The summed E-state index contributed by atoms with van der Waals surface area (Å²) in [6, 6.07) is 12.7. The molecule has 0 aromatic heterocycles. The number of carbonyl (C=O) groups is 1. The second-order valence-corrected chi connectivity index (χ2v) is 7.26. The van der Waals surface area contributed by atoms with Crippen molar-refractivity contribution < 1.29 is 17.6 Å². The molecular weight excluding hydrogens is 331 g/mol. The van der Waals surface area contributed by atoms with E-state index >= 15 is 0 Å². The third-order valence-corrected chi connectivity index (χ3v) is 5.11. The van der Waals surface area contributed by atoms with Crippen molar-refractivity contribution in [3.05, 3.63) is 65.5 Å². The van der Waals surface area contributed by atoms with Crippen molar-refractivity contribution in [2.24, 2.45) is 0 Å². The van der Waals surface area contributed by atoms with Crippen LogP contribution < -0.4 is 10.0 Å². The van der Waals surface area contributed by atoms with E-state index in [4.69, 9.17) is 0 Å². The lowest BCUT2D eigenvalue weighted by atomic mass is 10.0. The van der Waals surface area contributed by atoms with E-state index in [0.717, 1.165) is 23.8 Å². The van der Waals surface area contributed by atoms with Crippen LogP contribution in [0.25, 0.3) is 0 Å². The topological polar surface area (TPSA) is 75.3 Å². The summed E-state index contributed by atoms with van der Waals surface area (Å²) in [5.41, 5.74) is 0.747. The first-order valence-corrected chi connectivity index (χ1v) is 8.89. The fourth-order valence-electron chi connectivity index (χ4n) is 2.20. The average Bonchev–Trinajstić information content (AvgIpc) is 2.60. The minimum atomic E-state index is -3.74. The summed E-state index contributed by atoms with van der Waals surface area (Å²) in [5.74, 6) is -1.37. The van der Waals surface area contributed by atoms with E-state index in [1.807, 2.05) is 37.3 Å². The maximum Gasteiger partial charge on any atom is 0.254 e. The van der Waals surface area contributed by atoms with Crippen LogP contribution in [-0.4, -0.2) is 27.9 Å². The molecule has 0 spiro atoms. The highest BCUT2D eigenvalue weighted by Crippen LogP contribution is 2.16. The molecule has 1 atom stereocenters. The first-order chi connectivity index (χ1) is 11.3. The summed E-state index contributed by atoms with van der Waals surface area (Å²) in [4.78, 5) is 12.0. The van der Waals surface area contributed by atoms with Crippen LogP contribution >= 0.6 is 0 Å². The van der Waals surface area contributed by atoms with Gasteiger partial charge in [0.15, 0.2) is 0 Å². The number of carbonyl (C=O) groups excluding carboxylic acids is 1. The zero-order valence-corrected chi connectivity index (χ0v) is 14.2. The van der Waals surface area contributed by atoms with Crippen LogP contribution in [0, 0.1) is 5.82 Å². The molecule has 0 aliphatic carbocycles. The van der Waals surface area contributed by atoms with E-state index in [0.29, 0.717) is 6.54 Å². The Labute approximate surface area is 141 Å². The molecule has 0 fully saturated rings. The fraction of sp³-hybridized carbons (Fsp3) is 0.235. The lowest BCUT2D eigenvalue weighted by molar-refractivity contribution is 0.0947. The molecule has 0 unspecified atom stereocenters. The fourth-order valence-corrected chi connectivity index (χ4v) is 2.96. The molecular formula is C17H19FN2O3S. The molecule has 5 nitrogen and oxygen atoms in total. The van der Waals surface area contributed by atoms with Crippen molar-refractivity contribution in [3.8, 4) is 0 Å². The third kappa shape index (κ3) is 4.18. The van der Waals surface area contributed by atoms with Gasteiger partial charge in [-0.2, -0.15) is 0 Å². The molecule has 1 amide bonds. The molecule has 0 aliphatic rings. The molecule has 2 aromatic carbocycles. The molecule has 2 N–H and O–H groups in total. The van der Waals surface area contributed by atoms with E-state index < -0.39 is 21.7 Å². The molecule has 0 radical (unpaired) electrons. The minimum absolute atomic E-state index is 0.0439. The van der Waals surface area contributed by atoms with Gasteiger partial charge in [-0.15, -0.1) is 0 Å². The molecule has 0 aliphatic heterocycles. The molecule has 0 saturated heterocycles. The van der Waals surface area contributed by atoms with Crippen molar-refractivity contribution >= 4 is 15.9 Å². The van der Waals surface area contributed by atoms with Gasteiger partial charge >= 0.3 is 0 Å². The highest BCUT2D eigenvalue weighted by Gasteiger charge is 2.18. The normalized spacial score (nSPS) is 12.6. The Morgan fingerprint density at radius 3 is 2.46 bits per heavy atom. The second kappa shape index (κ2) is 7.55. The second-order valence-electron chi connectivity index (χ2n) is 5.37. The summed E-state index contributed by atoms with van der Waals surface area (Å²) < 4.78 is 39.6. The number of amides is 1. The van der Waals surface area contributed by atoms with Crippen LogP contribution in [0.5, 0.6) is 0 Å². The van der Waals surface area contributed by atoms with Crippen LogP contribution in [-0.2, 0) is 10.0 Å². The lowest BCUT2D eigenvalue weighted by Crippen LogP contribution is -2.28. The SMILES string of the molecule is CNS(=O)(=O)c1ccc(F)c(C(=O)NC[C@@H](C)c2ccccc2)c1. The summed E-state index contributed by atoms with van der Waals surface area (Å²) in [5, 5.41) is 2.64. The van der Waals surface area contributed by atoms with Crippen molar-refractivity contribution in [1.29, 1.82) is 0 Å². The molecule has 24 heavy (non-hydrogen) atoms. The van der Waals surface area contributed by atoms with E-state index in [9.17, 15) is 17.6 Å². The standard InChI is InChI=1S/C17H19FN2O3S/c1-12(13-6-4-3-5-7-13)11-20-17(21)15-10-14(8-9-16(15)18)24(22,23)19-2/h3-10,12,19H,11H2,1-2H3,(H,20,21)/t12-/m1/s1. The zero-order chi connectivity index (χ0) is 17.7. The van der Waals surface area contributed by atoms with Gasteiger partial charge in [0.1, 0.15) is 5.82 Å². The van der Waals surface area contributed by atoms with Crippen LogP contribution in [0.3, 0.4) is 0 Å². The minimum Gasteiger partial charge on any atom is -0.351 e. The molecule has 7 heteroatoms. The monoisotopic (exact) mass is 350 g/mol. The summed E-state index contributed by atoms with van der Waals surface area (Å²) >= 11 is 0. The predicted molar refractivity (Wildman–Crippen MR) is 89.8 cm³/mol. The number of rotatable bonds is 6. The predicted octanol–water partition coefficient (Wildman–Crippen LogP) is 2.27. The molecule has 0 saturated carbocycles. The van der Waals surface area contributed by atoms with Gasteiger partial charge in [-0.25, -0.2) is 17.5 Å². The number of sulfonamides is 1. The van der Waals surface area contributed by atoms with Gasteiger partial charge in [-0.05, 0) is 36.7 Å². The number of halogens is 1. The first kappa shape index (κ1) is 18.1. The van der Waals surface area contributed by atoms with Crippen molar-refractivity contribution in [3.63, 3.8) is 0 Å². The Bertz CT molecular complexity index is 823. The van der Waals surface area contributed by atoms with E-state index in [1.165, 1.54) is 7.05 Å². The summed E-state index contributed by atoms with van der Waals surface area (Å²) in [6.45, 7) is 2.25. The number of nitrogens with one attached hydrogen (secondary N) is 2. The average molecular weight is 350 g/mol. The third-order valence-electron chi connectivity index (χ3n) is 3.70. The van der Waals surface area contributed by atoms with E-state index in [-0.39, 0.29) is 16.4 Å². The van der Waals surface area contributed by atoms with E-state index in [1.54, 1.807) is 0 Å². The van der Waals surface area contributed by atoms with Crippen LogP contribution in [0.1, 0.15) is 28.8 Å². The lowest BCUT2D eigenvalue weighted by Gasteiger charge is -2.14. The van der Waals surface area contributed by atoms with Gasteiger partial charge in [0.2, 0.25) is 10.0 Å². The highest BCUT2D eigenvalue weighted by atomic mass is 32.2. The molecule has 0 bridgehead atoms. The van der Waals surface area contributed by atoms with Crippen molar-refractivity contribution in [2.75, 3.05) is 13.6 Å². The summed E-state index contributed by atoms with van der Waals surface area (Å²) in [7, 11) is -2.49. The Hall–Kier alpha value is -2.25. The zero-order valence-electron chi connectivity index (χ0n) is 13.4. The first-order valence-electron chi connectivity index (χ1n) is 7.41. The van der Waals surface area contributed by atoms with Crippen LogP contribution in [0.4, 0.5) is 4.39 Å². The Morgan fingerprint density at radius 1 is 1.17 bits per heavy atom. The maximum atomic E-state index is 13.9. The number of hydrogen-bond acceptors (Lipinski definition) is 3. The smallest absolute Gasteiger partial charge is 0.254 e. The van der Waals surface area contributed by atoms with E-state index in [2.05, 4.69) is 10.0 Å². The number of benzene rings is 2. The van der Waals surface area contributed by atoms with Crippen molar-refractivity contribution in [1.82, 2.24) is 10.0 Å². The largest absolute Gasteiger partial charge is 0.351 e. The molecule has 0 heterocycles. The maximum absolute atomic E-state index is 13.9. The summed E-state index contributed by atoms with van der Waals surface area (Å²) in [6.07, 6.45) is 0. The molecule has 128 valence electrons. The molecule has 2 rings (SSSR count). The van der Waals surface area contributed by atoms with Crippen LogP contribution in [0.2, 0.25) is 0 Å². The molecule has 2 aromatic rings. The van der Waals surface area contributed by atoms with Gasteiger partial charge in [0.05, 0.1) is 10.5 Å². The Morgan fingerprint density at radius 2 is 1.83 bits per heavy atom. The van der Waals surface area contributed by atoms with Gasteiger partial charge in [0.25, 0.3) is 5.91 Å². The van der Waals surface area contributed by atoms with Crippen molar-refractivity contribution in [2.45, 2.75) is 17.7 Å².